The van der Waals surface area contributed by atoms with Gasteiger partial charge in [0.15, 0.2) is 11.5 Å². The fourth-order valence-electron chi connectivity index (χ4n) is 6.83. The normalized spacial score (nSPS) is 43.5. The number of hydrogen-bond acceptors (Lipinski definition) is 5. The van der Waals surface area contributed by atoms with Crippen molar-refractivity contribution in [2.45, 2.75) is 74.2 Å². The first-order chi connectivity index (χ1) is 12.5. The van der Waals surface area contributed by atoms with Gasteiger partial charge in [0.2, 0.25) is 0 Å². The first-order valence-electron chi connectivity index (χ1n) is 10.2. The fraction of sp³-hybridized carbons (Fsp3) is 0.714. The molecule has 5 atom stereocenters. The molecule has 6 rings (SSSR count). The Hall–Kier alpha value is -1.30. The summed E-state index contributed by atoms with van der Waals surface area (Å²) in [6, 6.07) is 3.80. The number of ether oxygens (including phenoxy) is 1. The van der Waals surface area contributed by atoms with Crippen LogP contribution in [0.2, 0.25) is 0 Å². The van der Waals surface area contributed by atoms with E-state index in [4.69, 9.17) is 4.74 Å². The van der Waals surface area contributed by atoms with Crippen LogP contribution in [0.3, 0.4) is 0 Å². The van der Waals surface area contributed by atoms with Crippen molar-refractivity contribution in [3.63, 3.8) is 0 Å². The van der Waals surface area contributed by atoms with Gasteiger partial charge in [-0.05, 0) is 62.6 Å². The van der Waals surface area contributed by atoms with E-state index in [0.29, 0.717) is 18.6 Å². The van der Waals surface area contributed by atoms with Gasteiger partial charge in [0.1, 0.15) is 6.10 Å². The molecule has 1 spiro atoms. The monoisotopic (exact) mass is 357 g/mol. The molecule has 5 heteroatoms. The van der Waals surface area contributed by atoms with E-state index in [1.165, 1.54) is 24.8 Å². The Morgan fingerprint density at radius 3 is 2.81 bits per heavy atom. The second kappa shape index (κ2) is 4.94. The third-order valence-electron chi connectivity index (χ3n) is 8.26. The summed E-state index contributed by atoms with van der Waals surface area (Å²) in [6.07, 6.45) is 5.68. The lowest BCUT2D eigenvalue weighted by Crippen LogP contribution is -2.77. The molecule has 3 N–H and O–H groups in total. The summed E-state index contributed by atoms with van der Waals surface area (Å²) in [5.74, 6) is 1.42. The zero-order valence-electron chi connectivity index (χ0n) is 15.0. The zero-order valence-corrected chi connectivity index (χ0v) is 15.0. The van der Waals surface area contributed by atoms with Crippen molar-refractivity contribution in [3.8, 4) is 11.5 Å². The molecule has 140 valence electrons. The molecule has 0 aromatic heterocycles. The van der Waals surface area contributed by atoms with Crippen LogP contribution in [-0.4, -0.2) is 57.2 Å². The number of rotatable bonds is 2. The Labute approximate surface area is 153 Å². The molecule has 0 unspecified atom stereocenters. The summed E-state index contributed by atoms with van der Waals surface area (Å²) < 4.78 is 6.16. The van der Waals surface area contributed by atoms with Gasteiger partial charge in [-0.1, -0.05) is 12.5 Å². The van der Waals surface area contributed by atoms with Gasteiger partial charge >= 0.3 is 0 Å². The van der Waals surface area contributed by atoms with Crippen LogP contribution in [0.1, 0.15) is 49.7 Å². The Morgan fingerprint density at radius 1 is 1.19 bits per heavy atom. The zero-order chi connectivity index (χ0) is 17.7. The molecule has 2 bridgehead atoms. The fourth-order valence-corrected chi connectivity index (χ4v) is 6.83. The van der Waals surface area contributed by atoms with Gasteiger partial charge in [-0.15, -0.1) is 0 Å². The predicted octanol–water partition coefficient (Wildman–Crippen LogP) is 1.71. The van der Waals surface area contributed by atoms with Gasteiger partial charge in [-0.3, -0.25) is 4.90 Å². The van der Waals surface area contributed by atoms with Crippen molar-refractivity contribution in [1.29, 1.82) is 0 Å². The summed E-state index contributed by atoms with van der Waals surface area (Å²) in [4.78, 5) is 2.53. The topological polar surface area (TPSA) is 73.2 Å². The average Bonchev–Trinajstić information content (AvgIpc) is 2.93. The maximum Gasteiger partial charge on any atom is 0.165 e. The van der Waals surface area contributed by atoms with Crippen molar-refractivity contribution < 1.29 is 20.1 Å². The minimum absolute atomic E-state index is 0.0819. The minimum Gasteiger partial charge on any atom is -0.504 e. The number of hydrogen-bond donors (Lipinski definition) is 3. The van der Waals surface area contributed by atoms with E-state index in [9.17, 15) is 15.3 Å². The second-order valence-electron chi connectivity index (χ2n) is 9.25. The molecule has 2 saturated carbocycles. The SMILES string of the molecule is Oc1ccc2c3c1O[C@@H]1[C@@H](O)CC[C@]4(O)[C@H](C2)N(CC2CCC2)CC[C@@]314. The number of phenols is 1. The van der Waals surface area contributed by atoms with Crippen LogP contribution in [0.15, 0.2) is 12.1 Å². The van der Waals surface area contributed by atoms with E-state index in [1.807, 2.05) is 6.07 Å². The van der Waals surface area contributed by atoms with Crippen molar-refractivity contribution >= 4 is 0 Å². The lowest BCUT2D eigenvalue weighted by Gasteiger charge is -2.64. The molecular formula is C21H27NO4. The van der Waals surface area contributed by atoms with E-state index in [2.05, 4.69) is 4.90 Å². The summed E-state index contributed by atoms with van der Waals surface area (Å²) in [5.41, 5.74) is 0.712. The van der Waals surface area contributed by atoms with Crippen LogP contribution >= 0.6 is 0 Å². The van der Waals surface area contributed by atoms with Crippen LogP contribution in [-0.2, 0) is 11.8 Å². The predicted molar refractivity (Wildman–Crippen MR) is 95.4 cm³/mol. The third kappa shape index (κ3) is 1.64. The molecule has 0 amide bonds. The van der Waals surface area contributed by atoms with Gasteiger partial charge in [0.25, 0.3) is 0 Å². The van der Waals surface area contributed by atoms with Crippen LogP contribution in [0.5, 0.6) is 11.5 Å². The first-order valence-corrected chi connectivity index (χ1v) is 10.2. The lowest BCUT2D eigenvalue weighted by molar-refractivity contribution is -0.209. The summed E-state index contributed by atoms with van der Waals surface area (Å²) in [6.45, 7) is 2.02. The van der Waals surface area contributed by atoms with E-state index in [-0.39, 0.29) is 11.8 Å². The molecule has 2 aliphatic heterocycles. The minimum atomic E-state index is -0.884. The number of aliphatic hydroxyl groups is 2. The van der Waals surface area contributed by atoms with E-state index in [1.54, 1.807) is 6.07 Å². The quantitative estimate of drug-likeness (QED) is 0.751. The molecule has 0 radical (unpaired) electrons. The molecule has 1 aromatic carbocycles. The molecule has 2 heterocycles. The highest BCUT2D eigenvalue weighted by molar-refractivity contribution is 5.62. The average molecular weight is 357 g/mol. The molecule has 5 nitrogen and oxygen atoms in total. The summed E-state index contributed by atoms with van der Waals surface area (Å²) >= 11 is 0. The van der Waals surface area contributed by atoms with E-state index >= 15 is 0 Å². The molecule has 3 fully saturated rings. The van der Waals surface area contributed by atoms with Crippen molar-refractivity contribution in [3.05, 3.63) is 23.3 Å². The van der Waals surface area contributed by atoms with E-state index < -0.39 is 23.2 Å². The molecule has 26 heavy (non-hydrogen) atoms. The molecule has 1 aromatic rings. The summed E-state index contributed by atoms with van der Waals surface area (Å²) in [5, 5.41) is 33.2. The highest BCUT2D eigenvalue weighted by Crippen LogP contribution is 2.65. The highest BCUT2D eigenvalue weighted by Gasteiger charge is 2.72. The van der Waals surface area contributed by atoms with Gasteiger partial charge in [0, 0.05) is 18.2 Å². The van der Waals surface area contributed by atoms with Crippen LogP contribution < -0.4 is 4.74 Å². The van der Waals surface area contributed by atoms with E-state index in [0.717, 1.165) is 37.4 Å². The molecule has 5 aliphatic rings. The Balaban J connectivity index is 1.52. The van der Waals surface area contributed by atoms with Crippen LogP contribution in [0, 0.1) is 5.92 Å². The number of likely N-dealkylation sites (tertiary alicyclic amines) is 1. The standard InChI is InChI=1S/C21H27NO4/c23-14-5-4-13-10-16-21(25)7-6-15(24)19-20(21,17(13)18(14)26-19)8-9-22(16)11-12-2-1-3-12/h4-5,12,15-16,19,23-25H,1-3,6-11H2/t15-,16-,19+,20+,21-/m0/s1. The van der Waals surface area contributed by atoms with Gasteiger partial charge < -0.3 is 20.1 Å². The smallest absolute Gasteiger partial charge is 0.165 e. The van der Waals surface area contributed by atoms with Crippen LogP contribution in [0.4, 0.5) is 0 Å². The molecule has 1 saturated heterocycles. The number of benzene rings is 1. The second-order valence-corrected chi connectivity index (χ2v) is 9.25. The van der Waals surface area contributed by atoms with Gasteiger partial charge in [-0.2, -0.15) is 0 Å². The van der Waals surface area contributed by atoms with Crippen molar-refractivity contribution in [2.75, 3.05) is 13.1 Å². The maximum atomic E-state index is 12.1. The Morgan fingerprint density at radius 2 is 2.04 bits per heavy atom. The number of phenolic OH excluding ortho intramolecular Hbond substituents is 1. The molecule has 3 aliphatic carbocycles. The maximum absolute atomic E-state index is 12.1. The number of aliphatic hydroxyl groups excluding tert-OH is 1. The number of nitrogens with zero attached hydrogens (tertiary/aromatic N) is 1. The Kier molecular flexibility index (Phi) is 2.99. The lowest BCUT2D eigenvalue weighted by atomic mass is 9.48. The largest absolute Gasteiger partial charge is 0.504 e. The van der Waals surface area contributed by atoms with Crippen LogP contribution in [0.25, 0.3) is 0 Å². The van der Waals surface area contributed by atoms with Crippen molar-refractivity contribution in [1.82, 2.24) is 4.90 Å². The Bertz CT molecular complexity index is 778. The molecular weight excluding hydrogens is 330 g/mol. The third-order valence-corrected chi connectivity index (χ3v) is 8.26. The van der Waals surface area contributed by atoms with Crippen molar-refractivity contribution in [2.24, 2.45) is 5.92 Å². The van der Waals surface area contributed by atoms with Gasteiger partial charge in [0.05, 0.1) is 17.1 Å². The highest BCUT2D eigenvalue weighted by atomic mass is 16.5. The first kappa shape index (κ1) is 15.7. The summed E-state index contributed by atoms with van der Waals surface area (Å²) in [7, 11) is 0. The number of aromatic hydroxyl groups is 1. The van der Waals surface area contributed by atoms with Gasteiger partial charge in [-0.25, -0.2) is 0 Å². The number of piperidine rings is 1.